The Labute approximate surface area is 136 Å². The topological polar surface area (TPSA) is 84.9 Å². The minimum Gasteiger partial charge on any atom is -0.353 e. The molecule has 1 aliphatic heterocycles. The first-order valence-corrected chi connectivity index (χ1v) is 8.75. The van der Waals surface area contributed by atoms with Crippen molar-refractivity contribution in [3.63, 3.8) is 0 Å². The number of sulfonamides is 1. The largest absolute Gasteiger partial charge is 0.353 e. The monoisotopic (exact) mass is 342 g/mol. The van der Waals surface area contributed by atoms with Gasteiger partial charge in [-0.3, -0.25) is 4.79 Å². The summed E-state index contributed by atoms with van der Waals surface area (Å²) in [5.74, 6) is -0.909. The SMILES string of the molecule is COC1(OC)CCN(S(=O)(=O)c2ccc(NC(C)=O)cc2)CC1. The summed E-state index contributed by atoms with van der Waals surface area (Å²) in [7, 11) is -0.437. The molecule has 0 radical (unpaired) electrons. The van der Waals surface area contributed by atoms with Crippen LogP contribution in [0.5, 0.6) is 0 Å². The Balaban J connectivity index is 2.12. The molecule has 0 saturated carbocycles. The van der Waals surface area contributed by atoms with E-state index in [1.807, 2.05) is 0 Å². The number of rotatable bonds is 5. The van der Waals surface area contributed by atoms with E-state index < -0.39 is 15.8 Å². The van der Waals surface area contributed by atoms with Crippen molar-refractivity contribution in [2.45, 2.75) is 30.4 Å². The molecule has 7 nitrogen and oxygen atoms in total. The predicted molar refractivity (Wildman–Crippen MR) is 85.5 cm³/mol. The molecule has 0 atom stereocenters. The standard InChI is InChI=1S/C15H22N2O5S/c1-12(18)16-13-4-6-14(7-5-13)23(19,20)17-10-8-15(21-2,22-3)9-11-17/h4-7H,8-11H2,1-3H3,(H,16,18). The first-order chi connectivity index (χ1) is 10.8. The van der Waals surface area contributed by atoms with Crippen molar-refractivity contribution in [1.29, 1.82) is 0 Å². The van der Waals surface area contributed by atoms with Crippen LogP contribution in [0.2, 0.25) is 0 Å². The highest BCUT2D eigenvalue weighted by Gasteiger charge is 2.38. The van der Waals surface area contributed by atoms with Crippen molar-refractivity contribution in [3.8, 4) is 0 Å². The molecule has 1 aromatic carbocycles. The average molecular weight is 342 g/mol. The molecule has 0 bridgehead atoms. The Morgan fingerprint density at radius 3 is 2.09 bits per heavy atom. The van der Waals surface area contributed by atoms with Gasteiger partial charge in [-0.15, -0.1) is 0 Å². The van der Waals surface area contributed by atoms with E-state index in [0.717, 1.165) is 0 Å². The Bertz CT molecular complexity index is 643. The predicted octanol–water partition coefficient (Wildman–Crippen LogP) is 1.42. The molecule has 1 amide bonds. The van der Waals surface area contributed by atoms with Gasteiger partial charge < -0.3 is 14.8 Å². The number of hydrogen-bond donors (Lipinski definition) is 1. The van der Waals surface area contributed by atoms with E-state index in [2.05, 4.69) is 5.32 Å². The number of nitrogens with zero attached hydrogens (tertiary/aromatic N) is 1. The fraction of sp³-hybridized carbons (Fsp3) is 0.533. The second-order valence-electron chi connectivity index (χ2n) is 5.43. The van der Waals surface area contributed by atoms with Crippen LogP contribution in [0.25, 0.3) is 0 Å². The van der Waals surface area contributed by atoms with Crippen LogP contribution in [0.4, 0.5) is 5.69 Å². The molecule has 1 N–H and O–H groups in total. The summed E-state index contributed by atoms with van der Waals surface area (Å²) in [6.45, 7) is 2.06. The van der Waals surface area contributed by atoms with Gasteiger partial charge in [0.25, 0.3) is 0 Å². The zero-order valence-corrected chi connectivity index (χ0v) is 14.4. The molecule has 128 valence electrons. The quantitative estimate of drug-likeness (QED) is 0.818. The van der Waals surface area contributed by atoms with Crippen molar-refractivity contribution >= 4 is 21.6 Å². The van der Waals surface area contributed by atoms with Gasteiger partial charge in [0, 0.05) is 52.8 Å². The summed E-state index contributed by atoms with van der Waals surface area (Å²) in [5.41, 5.74) is 0.563. The van der Waals surface area contributed by atoms with Crippen LogP contribution in [-0.4, -0.2) is 51.7 Å². The molecule has 23 heavy (non-hydrogen) atoms. The van der Waals surface area contributed by atoms with Gasteiger partial charge in [0.15, 0.2) is 5.79 Å². The number of hydrogen-bond acceptors (Lipinski definition) is 5. The number of methoxy groups -OCH3 is 2. The van der Waals surface area contributed by atoms with Crippen LogP contribution in [0, 0.1) is 0 Å². The van der Waals surface area contributed by atoms with Gasteiger partial charge in [0.2, 0.25) is 15.9 Å². The van der Waals surface area contributed by atoms with Crippen molar-refractivity contribution in [1.82, 2.24) is 4.31 Å². The number of carbonyl (C=O) groups excluding carboxylic acids is 1. The van der Waals surface area contributed by atoms with Crippen molar-refractivity contribution in [2.24, 2.45) is 0 Å². The molecule has 0 unspecified atom stereocenters. The van der Waals surface area contributed by atoms with Crippen LogP contribution in [0.1, 0.15) is 19.8 Å². The summed E-state index contributed by atoms with van der Waals surface area (Å²) in [6.07, 6.45) is 0.951. The highest BCUT2D eigenvalue weighted by molar-refractivity contribution is 7.89. The molecular formula is C15H22N2O5S. The minimum absolute atomic E-state index is 0.202. The van der Waals surface area contributed by atoms with Crippen LogP contribution in [-0.2, 0) is 24.3 Å². The Morgan fingerprint density at radius 1 is 1.13 bits per heavy atom. The number of ether oxygens (including phenoxy) is 2. The van der Waals surface area contributed by atoms with E-state index in [0.29, 0.717) is 31.6 Å². The van der Waals surface area contributed by atoms with Crippen LogP contribution in [0.15, 0.2) is 29.2 Å². The summed E-state index contributed by atoms with van der Waals surface area (Å²) < 4.78 is 37.5. The number of anilines is 1. The normalized spacial score (nSPS) is 18.6. The molecule has 0 aliphatic carbocycles. The lowest BCUT2D eigenvalue weighted by Gasteiger charge is -2.38. The van der Waals surface area contributed by atoms with E-state index in [-0.39, 0.29) is 10.8 Å². The molecule has 1 fully saturated rings. The lowest BCUT2D eigenvalue weighted by atomic mass is 10.1. The second-order valence-corrected chi connectivity index (χ2v) is 7.37. The van der Waals surface area contributed by atoms with Crippen molar-refractivity contribution < 1.29 is 22.7 Å². The number of benzene rings is 1. The van der Waals surface area contributed by atoms with Crippen molar-refractivity contribution in [2.75, 3.05) is 32.6 Å². The molecule has 8 heteroatoms. The molecule has 0 aromatic heterocycles. The summed E-state index contributed by atoms with van der Waals surface area (Å²) >= 11 is 0. The third kappa shape index (κ3) is 3.89. The van der Waals surface area contributed by atoms with Crippen molar-refractivity contribution in [3.05, 3.63) is 24.3 Å². The molecular weight excluding hydrogens is 320 g/mol. The highest BCUT2D eigenvalue weighted by atomic mass is 32.2. The second kappa shape index (κ2) is 6.96. The number of piperidine rings is 1. The lowest BCUT2D eigenvalue weighted by Crippen LogP contribution is -2.48. The van der Waals surface area contributed by atoms with Gasteiger partial charge in [0.1, 0.15) is 0 Å². The first kappa shape index (κ1) is 17.9. The fourth-order valence-corrected chi connectivity index (χ4v) is 4.06. The number of nitrogens with one attached hydrogen (secondary N) is 1. The van der Waals surface area contributed by atoms with E-state index in [1.165, 1.54) is 23.4 Å². The van der Waals surface area contributed by atoms with Crippen LogP contribution < -0.4 is 5.32 Å². The van der Waals surface area contributed by atoms with E-state index >= 15 is 0 Å². The maximum Gasteiger partial charge on any atom is 0.243 e. The Kier molecular flexibility index (Phi) is 5.41. The van der Waals surface area contributed by atoms with E-state index in [1.54, 1.807) is 26.4 Å². The molecule has 1 heterocycles. The maximum atomic E-state index is 12.7. The van der Waals surface area contributed by atoms with Gasteiger partial charge in [-0.05, 0) is 24.3 Å². The third-order valence-electron chi connectivity index (χ3n) is 4.04. The van der Waals surface area contributed by atoms with Gasteiger partial charge >= 0.3 is 0 Å². The molecule has 0 spiro atoms. The van der Waals surface area contributed by atoms with Crippen LogP contribution >= 0.6 is 0 Å². The first-order valence-electron chi connectivity index (χ1n) is 7.31. The van der Waals surface area contributed by atoms with Crippen LogP contribution in [0.3, 0.4) is 0 Å². The Morgan fingerprint density at radius 2 is 1.65 bits per heavy atom. The van der Waals surface area contributed by atoms with Gasteiger partial charge in [-0.2, -0.15) is 4.31 Å². The lowest BCUT2D eigenvalue weighted by molar-refractivity contribution is -0.224. The molecule has 1 saturated heterocycles. The fourth-order valence-electron chi connectivity index (χ4n) is 2.62. The summed E-state index contributed by atoms with van der Waals surface area (Å²) in [6, 6.07) is 6.14. The maximum absolute atomic E-state index is 12.7. The van der Waals surface area contributed by atoms with E-state index in [4.69, 9.17) is 9.47 Å². The smallest absolute Gasteiger partial charge is 0.243 e. The molecule has 2 rings (SSSR count). The highest BCUT2D eigenvalue weighted by Crippen LogP contribution is 2.29. The number of amides is 1. The van der Waals surface area contributed by atoms with Gasteiger partial charge in [-0.1, -0.05) is 0 Å². The summed E-state index contributed by atoms with van der Waals surface area (Å²) in [4.78, 5) is 11.2. The minimum atomic E-state index is -3.56. The van der Waals surface area contributed by atoms with E-state index in [9.17, 15) is 13.2 Å². The third-order valence-corrected chi connectivity index (χ3v) is 5.95. The van der Waals surface area contributed by atoms with Gasteiger partial charge in [0.05, 0.1) is 4.90 Å². The molecule has 1 aromatic rings. The average Bonchev–Trinajstić information content (AvgIpc) is 2.55. The number of carbonyl (C=O) groups is 1. The Hall–Kier alpha value is -1.48. The zero-order valence-electron chi connectivity index (χ0n) is 13.5. The zero-order chi connectivity index (χ0) is 17.1. The van der Waals surface area contributed by atoms with Gasteiger partial charge in [-0.25, -0.2) is 8.42 Å². The summed E-state index contributed by atoms with van der Waals surface area (Å²) in [5, 5.41) is 2.61. The molecule has 1 aliphatic rings.